The summed E-state index contributed by atoms with van der Waals surface area (Å²) in [5.41, 5.74) is 0. The van der Waals surface area contributed by atoms with Gasteiger partial charge in [-0.25, -0.2) is 0 Å². The van der Waals surface area contributed by atoms with Crippen LogP contribution in [0, 0.1) is 11.8 Å². The molecular weight excluding hydrogens is 210 g/mol. The predicted molar refractivity (Wildman–Crippen MR) is 72.2 cm³/mol. The minimum absolute atomic E-state index is 0.575. The Morgan fingerprint density at radius 3 is 2.65 bits per heavy atom. The Morgan fingerprint density at radius 1 is 1.24 bits per heavy atom. The third-order valence-electron chi connectivity index (χ3n) is 4.00. The van der Waals surface area contributed by atoms with Crippen molar-refractivity contribution < 1.29 is 4.74 Å². The molecule has 1 aliphatic heterocycles. The molecule has 2 nitrogen and oxygen atoms in total. The zero-order chi connectivity index (χ0) is 12.1. The van der Waals surface area contributed by atoms with Gasteiger partial charge in [-0.2, -0.15) is 0 Å². The van der Waals surface area contributed by atoms with Gasteiger partial charge in [-0.3, -0.25) is 0 Å². The van der Waals surface area contributed by atoms with Gasteiger partial charge in [0.25, 0.3) is 0 Å². The highest BCUT2D eigenvalue weighted by molar-refractivity contribution is 4.82. The lowest BCUT2D eigenvalue weighted by molar-refractivity contribution is 0.0968. The molecule has 1 heterocycles. The molecule has 2 atom stereocenters. The molecule has 0 amide bonds. The van der Waals surface area contributed by atoms with E-state index in [1.54, 1.807) is 0 Å². The van der Waals surface area contributed by atoms with Crippen molar-refractivity contribution in [2.75, 3.05) is 13.2 Å². The highest BCUT2D eigenvalue weighted by Crippen LogP contribution is 2.24. The largest absolute Gasteiger partial charge is 0.378 e. The van der Waals surface area contributed by atoms with E-state index in [9.17, 15) is 0 Å². The lowest BCUT2D eigenvalue weighted by Crippen LogP contribution is -2.26. The van der Waals surface area contributed by atoms with Gasteiger partial charge >= 0.3 is 0 Å². The summed E-state index contributed by atoms with van der Waals surface area (Å²) in [5, 5.41) is 3.70. The molecule has 2 aliphatic rings. The van der Waals surface area contributed by atoms with Crippen LogP contribution in [0.4, 0.5) is 0 Å². The van der Waals surface area contributed by atoms with Crippen molar-refractivity contribution in [1.29, 1.82) is 0 Å². The summed E-state index contributed by atoms with van der Waals surface area (Å²) in [6.45, 7) is 6.92. The molecule has 2 heteroatoms. The average Bonchev–Trinajstić information content (AvgIpc) is 2.97. The van der Waals surface area contributed by atoms with E-state index in [0.29, 0.717) is 6.10 Å². The molecular formula is C15H29NO. The Kier molecular flexibility index (Phi) is 5.30. The Labute approximate surface area is 107 Å². The zero-order valence-electron chi connectivity index (χ0n) is 11.6. The van der Waals surface area contributed by atoms with E-state index >= 15 is 0 Å². The van der Waals surface area contributed by atoms with E-state index in [0.717, 1.165) is 24.5 Å². The van der Waals surface area contributed by atoms with Gasteiger partial charge in [0, 0.05) is 12.6 Å². The molecule has 0 radical (unpaired) electrons. The van der Waals surface area contributed by atoms with Crippen LogP contribution >= 0.6 is 0 Å². The first-order chi connectivity index (χ1) is 8.24. The molecule has 0 aromatic heterocycles. The van der Waals surface area contributed by atoms with E-state index < -0.39 is 0 Å². The maximum Gasteiger partial charge on any atom is 0.0576 e. The fraction of sp³-hybridized carbons (Fsp3) is 1.00. The van der Waals surface area contributed by atoms with Crippen molar-refractivity contribution in [3.63, 3.8) is 0 Å². The van der Waals surface area contributed by atoms with Crippen molar-refractivity contribution in [3.8, 4) is 0 Å². The second-order valence-electron chi connectivity index (χ2n) is 6.39. The molecule has 0 spiro atoms. The fourth-order valence-electron chi connectivity index (χ4n) is 2.88. The Hall–Kier alpha value is -0.0800. The first kappa shape index (κ1) is 13.4. The van der Waals surface area contributed by atoms with Crippen LogP contribution in [-0.4, -0.2) is 25.3 Å². The molecule has 2 unspecified atom stereocenters. The molecule has 0 aromatic rings. The molecule has 17 heavy (non-hydrogen) atoms. The minimum Gasteiger partial charge on any atom is -0.378 e. The zero-order valence-corrected chi connectivity index (χ0v) is 11.6. The van der Waals surface area contributed by atoms with E-state index in [2.05, 4.69) is 19.2 Å². The molecule has 1 N–H and O–H groups in total. The monoisotopic (exact) mass is 239 g/mol. The standard InChI is InChI=1S/C15H29NO/c1-12(2)10-13(11-16-14-6-7-14)5-8-15-4-3-9-17-15/h12-16H,3-11H2,1-2H3. The lowest BCUT2D eigenvalue weighted by atomic mass is 9.91. The quantitative estimate of drug-likeness (QED) is 0.701. The van der Waals surface area contributed by atoms with Gasteiger partial charge in [0.2, 0.25) is 0 Å². The van der Waals surface area contributed by atoms with Gasteiger partial charge in [0.05, 0.1) is 6.10 Å². The molecule has 2 fully saturated rings. The number of ether oxygens (including phenoxy) is 1. The van der Waals surface area contributed by atoms with E-state index in [1.807, 2.05) is 0 Å². The van der Waals surface area contributed by atoms with Crippen LogP contribution in [-0.2, 0) is 4.74 Å². The van der Waals surface area contributed by atoms with Gasteiger partial charge in [0.1, 0.15) is 0 Å². The third kappa shape index (κ3) is 5.39. The highest BCUT2D eigenvalue weighted by Gasteiger charge is 2.23. The molecule has 1 saturated carbocycles. The summed E-state index contributed by atoms with van der Waals surface area (Å²) >= 11 is 0. The number of hydrogen-bond acceptors (Lipinski definition) is 2. The Bertz CT molecular complexity index is 207. The van der Waals surface area contributed by atoms with Crippen molar-refractivity contribution in [2.45, 2.75) is 70.9 Å². The van der Waals surface area contributed by atoms with Crippen LogP contribution < -0.4 is 5.32 Å². The summed E-state index contributed by atoms with van der Waals surface area (Å²) in [7, 11) is 0. The second kappa shape index (κ2) is 6.75. The Morgan fingerprint density at radius 2 is 2.06 bits per heavy atom. The van der Waals surface area contributed by atoms with Crippen LogP contribution in [0.3, 0.4) is 0 Å². The summed E-state index contributed by atoms with van der Waals surface area (Å²) in [6, 6.07) is 0.854. The maximum atomic E-state index is 5.73. The number of hydrogen-bond donors (Lipinski definition) is 1. The van der Waals surface area contributed by atoms with Crippen molar-refractivity contribution >= 4 is 0 Å². The van der Waals surface area contributed by atoms with Crippen LogP contribution in [0.1, 0.15) is 58.8 Å². The summed E-state index contributed by atoms with van der Waals surface area (Å²) in [4.78, 5) is 0. The van der Waals surface area contributed by atoms with Crippen LogP contribution in [0.2, 0.25) is 0 Å². The first-order valence-corrected chi connectivity index (χ1v) is 7.59. The second-order valence-corrected chi connectivity index (χ2v) is 6.39. The maximum absolute atomic E-state index is 5.73. The van der Waals surface area contributed by atoms with Gasteiger partial charge in [-0.05, 0) is 63.3 Å². The van der Waals surface area contributed by atoms with Gasteiger partial charge < -0.3 is 10.1 Å². The van der Waals surface area contributed by atoms with Crippen molar-refractivity contribution in [3.05, 3.63) is 0 Å². The molecule has 2 rings (SSSR count). The molecule has 0 bridgehead atoms. The Balaban J connectivity index is 1.64. The van der Waals surface area contributed by atoms with E-state index in [-0.39, 0.29) is 0 Å². The highest BCUT2D eigenvalue weighted by atomic mass is 16.5. The fourth-order valence-corrected chi connectivity index (χ4v) is 2.88. The molecule has 0 aromatic carbocycles. The third-order valence-corrected chi connectivity index (χ3v) is 4.00. The van der Waals surface area contributed by atoms with E-state index in [4.69, 9.17) is 4.74 Å². The van der Waals surface area contributed by atoms with Crippen LogP contribution in [0.25, 0.3) is 0 Å². The smallest absolute Gasteiger partial charge is 0.0576 e. The molecule has 1 aliphatic carbocycles. The van der Waals surface area contributed by atoms with Crippen molar-refractivity contribution in [2.24, 2.45) is 11.8 Å². The minimum atomic E-state index is 0.575. The van der Waals surface area contributed by atoms with Gasteiger partial charge in [0.15, 0.2) is 0 Å². The van der Waals surface area contributed by atoms with Crippen LogP contribution in [0.5, 0.6) is 0 Å². The lowest BCUT2D eigenvalue weighted by Gasteiger charge is -2.21. The van der Waals surface area contributed by atoms with Gasteiger partial charge in [-0.1, -0.05) is 13.8 Å². The SMILES string of the molecule is CC(C)CC(CCC1CCCO1)CNC1CC1. The molecule has 100 valence electrons. The summed E-state index contributed by atoms with van der Waals surface area (Å²) < 4.78 is 5.73. The summed E-state index contributed by atoms with van der Waals surface area (Å²) in [5.74, 6) is 1.69. The van der Waals surface area contributed by atoms with Crippen LogP contribution in [0.15, 0.2) is 0 Å². The average molecular weight is 239 g/mol. The first-order valence-electron chi connectivity index (χ1n) is 7.59. The number of nitrogens with one attached hydrogen (secondary N) is 1. The predicted octanol–water partition coefficient (Wildman–Crippen LogP) is 3.36. The normalized spacial score (nSPS) is 26.6. The number of rotatable bonds is 8. The molecule has 1 saturated heterocycles. The van der Waals surface area contributed by atoms with E-state index in [1.165, 1.54) is 51.5 Å². The van der Waals surface area contributed by atoms with Crippen molar-refractivity contribution in [1.82, 2.24) is 5.32 Å². The van der Waals surface area contributed by atoms with Gasteiger partial charge in [-0.15, -0.1) is 0 Å². The topological polar surface area (TPSA) is 21.3 Å². The summed E-state index contributed by atoms with van der Waals surface area (Å²) in [6.07, 6.45) is 9.95.